The number of hydrogen-bond donors (Lipinski definition) is 1. The van der Waals surface area contributed by atoms with Gasteiger partial charge in [0.15, 0.2) is 8.32 Å². The summed E-state index contributed by atoms with van der Waals surface area (Å²) >= 11 is 3.79. The first kappa shape index (κ1) is 33.3. The molecule has 4 rings (SSSR count). The Hall–Kier alpha value is 0.357. The van der Waals surface area contributed by atoms with E-state index in [2.05, 4.69) is 91.3 Å². The molecule has 0 radical (unpaired) electrons. The lowest BCUT2D eigenvalue weighted by atomic mass is 9.43. The molecule has 0 aromatic heterocycles. The summed E-state index contributed by atoms with van der Waals surface area (Å²) in [4.78, 5) is 0.165. The van der Waals surface area contributed by atoms with E-state index < -0.39 is 13.9 Å². The van der Waals surface area contributed by atoms with E-state index in [0.717, 1.165) is 12.3 Å². The maximum Gasteiger partial charge on any atom is 0.192 e. The molecular weight excluding hydrogens is 572 g/mol. The van der Waals surface area contributed by atoms with E-state index in [4.69, 9.17) is 4.43 Å². The van der Waals surface area contributed by atoms with Crippen LogP contribution < -0.4 is 0 Å². The maximum absolute atomic E-state index is 10.5. The van der Waals surface area contributed by atoms with Crippen molar-refractivity contribution in [2.45, 2.75) is 175 Å². The van der Waals surface area contributed by atoms with Crippen molar-refractivity contribution in [2.75, 3.05) is 0 Å². The molecule has 40 heavy (non-hydrogen) atoms. The third-order valence-corrected chi connectivity index (χ3v) is 20.4. The first-order valence-corrected chi connectivity index (χ1v) is 20.6. The molecule has 0 spiro atoms. The Labute approximate surface area is 258 Å². The Morgan fingerprint density at radius 3 is 2.10 bits per heavy atom. The zero-order valence-corrected chi connectivity index (χ0v) is 31.3. The van der Waals surface area contributed by atoms with Gasteiger partial charge in [-0.3, -0.25) is 0 Å². The molecule has 0 aliphatic heterocycles. The van der Waals surface area contributed by atoms with Crippen LogP contribution in [-0.4, -0.2) is 30.0 Å². The van der Waals surface area contributed by atoms with Gasteiger partial charge in [-0.05, 0) is 136 Å². The minimum atomic E-state index is -1.81. The van der Waals surface area contributed by atoms with Crippen LogP contribution >= 0.6 is 15.9 Å². The molecular formula is C36H65BrO2Si. The second-order valence-electron chi connectivity index (χ2n) is 18.3. The fourth-order valence-corrected chi connectivity index (χ4v) is 12.1. The average Bonchev–Trinajstić information content (AvgIpc) is 3.09. The third kappa shape index (κ3) is 5.21. The highest BCUT2D eigenvalue weighted by atomic mass is 79.9. The molecule has 4 aliphatic rings. The molecule has 0 heterocycles. The number of hydrogen-bond acceptors (Lipinski definition) is 2. The van der Waals surface area contributed by atoms with Crippen molar-refractivity contribution < 1.29 is 9.53 Å². The summed E-state index contributed by atoms with van der Waals surface area (Å²) in [5.41, 5.74) is 4.40. The molecule has 4 aliphatic carbocycles. The van der Waals surface area contributed by atoms with Crippen molar-refractivity contribution in [3.63, 3.8) is 0 Å². The molecule has 0 bridgehead atoms. The van der Waals surface area contributed by atoms with Crippen LogP contribution in [0, 0.1) is 39.4 Å². The fraction of sp³-hybridized carbons (Fsp3) is 0.944. The lowest BCUT2D eigenvalue weighted by Crippen LogP contribution is -2.58. The van der Waals surface area contributed by atoms with Gasteiger partial charge in [-0.2, -0.15) is 0 Å². The van der Waals surface area contributed by atoms with Gasteiger partial charge >= 0.3 is 0 Å². The summed E-state index contributed by atoms with van der Waals surface area (Å²) in [5, 5.41) is 10.7. The highest BCUT2D eigenvalue weighted by molar-refractivity contribution is 9.09. The monoisotopic (exact) mass is 636 g/mol. The van der Waals surface area contributed by atoms with Crippen molar-refractivity contribution in [3.05, 3.63) is 11.1 Å². The Morgan fingerprint density at radius 2 is 1.52 bits per heavy atom. The van der Waals surface area contributed by atoms with Crippen molar-refractivity contribution >= 4 is 24.2 Å². The van der Waals surface area contributed by atoms with Gasteiger partial charge in [-0.1, -0.05) is 89.4 Å². The van der Waals surface area contributed by atoms with Crippen molar-refractivity contribution in [3.8, 4) is 0 Å². The molecule has 2 saturated carbocycles. The molecule has 0 aromatic rings. The number of alkyl halides is 1. The SMILES string of the molecule is C[C@H](CCC(Br)C(C)(C)O)[C@H]1CC[C@@]2(C)C3=C(CC[C@]12C)[C@@]1(C)CC[C@H](O[Si](C)(C)C(C)(C)C)C(C)(C)[C@@H]1CC3. The van der Waals surface area contributed by atoms with Crippen LogP contribution in [0.25, 0.3) is 0 Å². The molecule has 0 amide bonds. The zero-order valence-electron chi connectivity index (χ0n) is 28.7. The molecule has 2 fully saturated rings. The summed E-state index contributed by atoms with van der Waals surface area (Å²) in [6.45, 7) is 31.6. The normalized spacial score (nSPS) is 39.8. The second kappa shape index (κ2) is 10.5. The molecule has 8 atom stereocenters. The minimum absolute atomic E-state index is 0.165. The predicted octanol–water partition coefficient (Wildman–Crippen LogP) is 11.1. The topological polar surface area (TPSA) is 29.5 Å². The molecule has 2 nitrogen and oxygen atoms in total. The van der Waals surface area contributed by atoms with Gasteiger partial charge in [-0.25, -0.2) is 0 Å². The van der Waals surface area contributed by atoms with Gasteiger partial charge in [0, 0.05) is 4.83 Å². The Kier molecular flexibility index (Phi) is 8.71. The van der Waals surface area contributed by atoms with E-state index in [1.807, 2.05) is 25.0 Å². The molecule has 1 unspecified atom stereocenters. The summed E-state index contributed by atoms with van der Waals surface area (Å²) in [7, 11) is -1.81. The van der Waals surface area contributed by atoms with Gasteiger partial charge in [-0.15, -0.1) is 0 Å². The first-order chi connectivity index (χ1) is 18.0. The highest BCUT2D eigenvalue weighted by Gasteiger charge is 2.63. The molecule has 0 aromatic carbocycles. The minimum Gasteiger partial charge on any atom is -0.413 e. The van der Waals surface area contributed by atoms with Crippen molar-refractivity contribution in [2.24, 2.45) is 39.4 Å². The van der Waals surface area contributed by atoms with Gasteiger partial charge in [0.05, 0.1) is 11.7 Å². The Morgan fingerprint density at radius 1 is 0.900 bits per heavy atom. The van der Waals surface area contributed by atoms with Gasteiger partial charge < -0.3 is 9.53 Å². The van der Waals surface area contributed by atoms with Crippen LogP contribution in [0.1, 0.15) is 140 Å². The van der Waals surface area contributed by atoms with Crippen LogP contribution in [0.2, 0.25) is 18.1 Å². The van der Waals surface area contributed by atoms with E-state index in [1.54, 1.807) is 0 Å². The van der Waals surface area contributed by atoms with Gasteiger partial charge in [0.25, 0.3) is 0 Å². The summed E-state index contributed by atoms with van der Waals surface area (Å²) in [6, 6.07) is 0. The summed E-state index contributed by atoms with van der Waals surface area (Å²) in [6.07, 6.45) is 13.2. The van der Waals surface area contributed by atoms with E-state index >= 15 is 0 Å². The van der Waals surface area contributed by atoms with E-state index in [-0.39, 0.29) is 15.3 Å². The van der Waals surface area contributed by atoms with E-state index in [9.17, 15) is 5.11 Å². The second-order valence-corrected chi connectivity index (χ2v) is 24.1. The number of aliphatic hydroxyl groups is 1. The zero-order chi connectivity index (χ0) is 30.3. The van der Waals surface area contributed by atoms with E-state index in [0.29, 0.717) is 34.2 Å². The lowest BCUT2D eigenvalue weighted by molar-refractivity contribution is -0.0902. The maximum atomic E-state index is 10.5. The molecule has 232 valence electrons. The number of allylic oxidation sites excluding steroid dienone is 2. The largest absolute Gasteiger partial charge is 0.413 e. The van der Waals surface area contributed by atoms with Crippen molar-refractivity contribution in [1.82, 2.24) is 0 Å². The first-order valence-electron chi connectivity index (χ1n) is 16.8. The highest BCUT2D eigenvalue weighted by Crippen LogP contribution is 2.72. The third-order valence-electron chi connectivity index (χ3n) is 14.3. The standard InChI is InChI=1S/C36H65BrO2Si/c1-24(14-17-29(37)33(7,8)38)25-18-22-36(11)27-15-16-28-32(5,6)30(39-40(12,13)31(2,3)4)20-21-34(28,9)26(27)19-23-35(25,36)10/h24-25,28-30,38H,14-23H2,1-13H3/t24-,25-,28+,29?,30+,34-,35-,36+/m1/s1. The summed E-state index contributed by atoms with van der Waals surface area (Å²) in [5.74, 6) is 2.19. The van der Waals surface area contributed by atoms with Crippen LogP contribution in [0.4, 0.5) is 0 Å². The van der Waals surface area contributed by atoms with Crippen molar-refractivity contribution in [1.29, 1.82) is 0 Å². The molecule has 4 heteroatoms. The lowest BCUT2D eigenvalue weighted by Gasteiger charge is -2.63. The average molecular weight is 638 g/mol. The predicted molar refractivity (Wildman–Crippen MR) is 179 cm³/mol. The number of halogens is 1. The van der Waals surface area contributed by atoms with E-state index in [1.165, 1.54) is 57.8 Å². The van der Waals surface area contributed by atoms with Gasteiger partial charge in [0.1, 0.15) is 0 Å². The summed E-state index contributed by atoms with van der Waals surface area (Å²) < 4.78 is 7.20. The number of fused-ring (bicyclic) bond motifs is 4. The Balaban J connectivity index is 1.58. The molecule has 0 saturated heterocycles. The van der Waals surface area contributed by atoms with Crippen LogP contribution in [0.3, 0.4) is 0 Å². The smallest absolute Gasteiger partial charge is 0.192 e. The van der Waals surface area contributed by atoms with Crippen LogP contribution in [-0.2, 0) is 4.43 Å². The van der Waals surface area contributed by atoms with Crippen LogP contribution in [0.15, 0.2) is 11.1 Å². The fourth-order valence-electron chi connectivity index (χ4n) is 10.3. The Bertz CT molecular complexity index is 986. The molecule has 1 N–H and O–H groups in total. The van der Waals surface area contributed by atoms with Gasteiger partial charge in [0.2, 0.25) is 0 Å². The quantitative estimate of drug-likeness (QED) is 0.171. The number of rotatable bonds is 7. The van der Waals surface area contributed by atoms with Crippen LogP contribution in [0.5, 0.6) is 0 Å².